The zero-order chi connectivity index (χ0) is 17.8. The van der Waals surface area contributed by atoms with Gasteiger partial charge in [-0.05, 0) is 18.2 Å². The summed E-state index contributed by atoms with van der Waals surface area (Å²) in [5.74, 6) is 0.529. The molecule has 6 nitrogen and oxygen atoms in total. The largest absolute Gasteiger partial charge is 0.494 e. The molecule has 0 N–H and O–H groups in total. The Labute approximate surface area is 150 Å². The maximum Gasteiger partial charge on any atom is 0.257 e. The molecule has 25 heavy (non-hydrogen) atoms. The number of halogens is 1. The summed E-state index contributed by atoms with van der Waals surface area (Å²) >= 11 is 6.06. The maximum absolute atomic E-state index is 12.6. The molecule has 0 fully saturated rings. The highest BCUT2D eigenvalue weighted by Crippen LogP contribution is 2.22. The standard InChI is InChI=1S/C18H17ClN4O2/c1-22(11-13-6-5-9-20-17(13)19)18(24)14-10-21-23(12-14)15-7-3-4-8-16(15)25-2/h3-10,12H,11H2,1-2H3. The first-order valence-electron chi connectivity index (χ1n) is 7.63. The summed E-state index contributed by atoms with van der Waals surface area (Å²) in [6.45, 7) is 0.366. The summed E-state index contributed by atoms with van der Waals surface area (Å²) in [4.78, 5) is 18.2. The third-order valence-electron chi connectivity index (χ3n) is 3.75. The van der Waals surface area contributed by atoms with Crippen molar-refractivity contribution in [2.24, 2.45) is 0 Å². The molecular formula is C18H17ClN4O2. The van der Waals surface area contributed by atoms with E-state index in [1.54, 1.807) is 42.2 Å². The van der Waals surface area contributed by atoms with Crippen LogP contribution in [0.4, 0.5) is 0 Å². The minimum Gasteiger partial charge on any atom is -0.494 e. The Kier molecular flexibility index (Phi) is 5.00. The van der Waals surface area contributed by atoms with Gasteiger partial charge in [-0.2, -0.15) is 5.10 Å². The molecule has 0 aliphatic heterocycles. The Morgan fingerprint density at radius 1 is 1.28 bits per heavy atom. The molecule has 0 atom stereocenters. The molecule has 128 valence electrons. The highest BCUT2D eigenvalue weighted by atomic mass is 35.5. The van der Waals surface area contributed by atoms with Crippen LogP contribution in [0.3, 0.4) is 0 Å². The minimum absolute atomic E-state index is 0.152. The third-order valence-corrected chi connectivity index (χ3v) is 4.09. The van der Waals surface area contributed by atoms with Crippen LogP contribution in [-0.2, 0) is 6.54 Å². The van der Waals surface area contributed by atoms with Crippen molar-refractivity contribution in [1.29, 1.82) is 0 Å². The van der Waals surface area contributed by atoms with E-state index in [4.69, 9.17) is 16.3 Å². The molecular weight excluding hydrogens is 340 g/mol. The molecule has 0 aliphatic rings. The number of carbonyl (C=O) groups is 1. The van der Waals surface area contributed by atoms with Gasteiger partial charge in [-0.1, -0.05) is 29.8 Å². The van der Waals surface area contributed by atoms with Crippen molar-refractivity contribution in [2.45, 2.75) is 6.54 Å². The summed E-state index contributed by atoms with van der Waals surface area (Å²) in [5.41, 5.74) is 2.03. The summed E-state index contributed by atoms with van der Waals surface area (Å²) in [6, 6.07) is 11.1. The van der Waals surface area contributed by atoms with Gasteiger partial charge in [-0.25, -0.2) is 9.67 Å². The lowest BCUT2D eigenvalue weighted by atomic mass is 10.2. The van der Waals surface area contributed by atoms with E-state index < -0.39 is 0 Å². The average molecular weight is 357 g/mol. The summed E-state index contributed by atoms with van der Waals surface area (Å²) in [6.07, 6.45) is 4.84. The molecule has 0 aliphatic carbocycles. The Bertz CT molecular complexity index is 894. The second-order valence-electron chi connectivity index (χ2n) is 5.46. The van der Waals surface area contributed by atoms with Crippen LogP contribution in [0.1, 0.15) is 15.9 Å². The molecule has 1 amide bonds. The van der Waals surface area contributed by atoms with Crippen LogP contribution in [0.25, 0.3) is 5.69 Å². The van der Waals surface area contributed by atoms with Crippen LogP contribution in [0.15, 0.2) is 55.0 Å². The first-order valence-corrected chi connectivity index (χ1v) is 8.01. The van der Waals surface area contributed by atoms with Crippen molar-refractivity contribution in [3.63, 3.8) is 0 Å². The lowest BCUT2D eigenvalue weighted by Crippen LogP contribution is -2.26. The van der Waals surface area contributed by atoms with Gasteiger partial charge < -0.3 is 9.64 Å². The number of nitrogens with zero attached hydrogens (tertiary/aromatic N) is 4. The maximum atomic E-state index is 12.6. The van der Waals surface area contributed by atoms with Gasteiger partial charge in [0.05, 0.1) is 18.9 Å². The zero-order valence-electron chi connectivity index (χ0n) is 13.9. The van der Waals surface area contributed by atoms with Gasteiger partial charge in [0.2, 0.25) is 0 Å². The number of hydrogen-bond acceptors (Lipinski definition) is 4. The van der Waals surface area contributed by atoms with E-state index in [-0.39, 0.29) is 5.91 Å². The Balaban J connectivity index is 1.80. The SMILES string of the molecule is COc1ccccc1-n1cc(C(=O)N(C)Cc2cccnc2Cl)cn1. The monoisotopic (exact) mass is 356 g/mol. The summed E-state index contributed by atoms with van der Waals surface area (Å²) < 4.78 is 6.95. The molecule has 0 bridgehead atoms. The van der Waals surface area contributed by atoms with Crippen molar-refractivity contribution in [3.8, 4) is 11.4 Å². The fraction of sp³-hybridized carbons (Fsp3) is 0.167. The predicted molar refractivity (Wildman–Crippen MR) is 95.2 cm³/mol. The fourth-order valence-electron chi connectivity index (χ4n) is 2.47. The molecule has 0 spiro atoms. The lowest BCUT2D eigenvalue weighted by Gasteiger charge is -2.16. The van der Waals surface area contributed by atoms with E-state index in [2.05, 4.69) is 10.1 Å². The molecule has 1 aromatic carbocycles. The molecule has 0 radical (unpaired) electrons. The molecule has 3 rings (SSSR count). The second kappa shape index (κ2) is 7.36. The summed E-state index contributed by atoms with van der Waals surface area (Å²) in [7, 11) is 3.31. The molecule has 0 unspecified atom stereocenters. The molecule has 3 aromatic rings. The van der Waals surface area contributed by atoms with Crippen molar-refractivity contribution < 1.29 is 9.53 Å². The van der Waals surface area contributed by atoms with Crippen LogP contribution in [0.2, 0.25) is 5.15 Å². The van der Waals surface area contributed by atoms with Gasteiger partial charge in [-0.15, -0.1) is 0 Å². The minimum atomic E-state index is -0.152. The quantitative estimate of drug-likeness (QED) is 0.659. The molecule has 0 saturated heterocycles. The number of benzene rings is 1. The number of amides is 1. The number of para-hydroxylation sites is 2. The number of hydrogen-bond donors (Lipinski definition) is 0. The van der Waals surface area contributed by atoms with Crippen LogP contribution in [-0.4, -0.2) is 39.7 Å². The van der Waals surface area contributed by atoms with Crippen molar-refractivity contribution in [3.05, 3.63) is 71.3 Å². The normalized spacial score (nSPS) is 10.5. The molecule has 2 heterocycles. The van der Waals surface area contributed by atoms with E-state index in [1.165, 1.54) is 6.20 Å². The molecule has 2 aromatic heterocycles. The topological polar surface area (TPSA) is 60.2 Å². The number of pyridine rings is 1. The zero-order valence-corrected chi connectivity index (χ0v) is 14.6. The van der Waals surface area contributed by atoms with Crippen LogP contribution >= 0.6 is 11.6 Å². The van der Waals surface area contributed by atoms with Crippen molar-refractivity contribution in [1.82, 2.24) is 19.7 Å². The smallest absolute Gasteiger partial charge is 0.257 e. The number of methoxy groups -OCH3 is 1. The highest BCUT2D eigenvalue weighted by molar-refractivity contribution is 6.30. The first kappa shape index (κ1) is 17.0. The highest BCUT2D eigenvalue weighted by Gasteiger charge is 2.16. The van der Waals surface area contributed by atoms with E-state index in [0.29, 0.717) is 23.0 Å². The summed E-state index contributed by atoms with van der Waals surface area (Å²) in [5, 5.41) is 4.67. The van der Waals surface area contributed by atoms with Crippen molar-refractivity contribution in [2.75, 3.05) is 14.2 Å². The van der Waals surface area contributed by atoms with Crippen molar-refractivity contribution >= 4 is 17.5 Å². The van der Waals surface area contributed by atoms with Crippen LogP contribution in [0, 0.1) is 0 Å². The lowest BCUT2D eigenvalue weighted by molar-refractivity contribution is 0.0785. The molecule has 0 saturated carbocycles. The van der Waals surface area contributed by atoms with E-state index in [0.717, 1.165) is 11.3 Å². The third kappa shape index (κ3) is 3.64. The van der Waals surface area contributed by atoms with Gasteiger partial charge in [-0.3, -0.25) is 4.79 Å². The van der Waals surface area contributed by atoms with Gasteiger partial charge in [0.15, 0.2) is 0 Å². The Morgan fingerprint density at radius 3 is 2.84 bits per heavy atom. The van der Waals surface area contributed by atoms with E-state index >= 15 is 0 Å². The Hall–Kier alpha value is -2.86. The van der Waals surface area contributed by atoms with E-state index in [1.807, 2.05) is 30.3 Å². The van der Waals surface area contributed by atoms with Crippen LogP contribution < -0.4 is 4.74 Å². The number of carbonyl (C=O) groups excluding carboxylic acids is 1. The van der Waals surface area contributed by atoms with Gasteiger partial charge in [0.25, 0.3) is 5.91 Å². The Morgan fingerprint density at radius 2 is 2.08 bits per heavy atom. The van der Waals surface area contributed by atoms with Gasteiger partial charge >= 0.3 is 0 Å². The molecule has 7 heteroatoms. The number of ether oxygens (including phenoxy) is 1. The average Bonchev–Trinajstić information content (AvgIpc) is 3.12. The van der Waals surface area contributed by atoms with E-state index in [9.17, 15) is 4.79 Å². The number of rotatable bonds is 5. The number of aromatic nitrogens is 3. The second-order valence-corrected chi connectivity index (χ2v) is 5.82. The fourth-order valence-corrected chi connectivity index (χ4v) is 2.65. The van der Waals surface area contributed by atoms with Gasteiger partial charge in [0.1, 0.15) is 16.6 Å². The first-order chi connectivity index (χ1) is 12.1. The predicted octanol–water partition coefficient (Wildman–Crippen LogP) is 3.20. The van der Waals surface area contributed by atoms with Crippen LogP contribution in [0.5, 0.6) is 5.75 Å². The van der Waals surface area contributed by atoms with Gasteiger partial charge in [0, 0.05) is 31.5 Å².